The molecule has 1 aromatic carbocycles. The topological polar surface area (TPSA) is 152 Å². The highest BCUT2D eigenvalue weighted by Gasteiger charge is 2.51. The van der Waals surface area contributed by atoms with Gasteiger partial charge < -0.3 is 21.3 Å². The van der Waals surface area contributed by atoms with E-state index in [1.807, 2.05) is 0 Å². The van der Waals surface area contributed by atoms with Gasteiger partial charge in [0.05, 0.1) is 5.52 Å². The number of piperidine rings is 1. The third-order valence-electron chi connectivity index (χ3n) is 7.59. The highest BCUT2D eigenvalue weighted by molar-refractivity contribution is 6.29. The summed E-state index contributed by atoms with van der Waals surface area (Å²) < 4.78 is 1.43. The van der Waals surface area contributed by atoms with E-state index < -0.39 is 11.9 Å². The molecule has 2 aromatic heterocycles. The van der Waals surface area contributed by atoms with E-state index in [9.17, 15) is 19.2 Å². The van der Waals surface area contributed by atoms with Crippen molar-refractivity contribution >= 4 is 57.6 Å². The Balaban J connectivity index is 1.25. The van der Waals surface area contributed by atoms with Gasteiger partial charge in [0.1, 0.15) is 23.6 Å². The summed E-state index contributed by atoms with van der Waals surface area (Å²) in [6.45, 7) is -0.167. The SMILES string of the molecule is NC(=O)c1nn(CC(=O)N2[C@@H]3CC[C@@H](C3)[C@H]2C(=O)Nc2cccc(Cl)n2)c2ccc(NC(=O)C3CC3)cc12. The standard InChI is InChI=1S/C26H26ClN7O4/c27-19-2-1-3-20(30-19)31-26(38)23-14-6-8-16(10-14)34(23)21(35)12-33-18-9-7-15(29-25(37)13-4-5-13)11-17(18)22(32-33)24(28)36/h1-3,7,9,11,13-14,16,23H,4-6,8,10,12H2,(H2,28,36)(H,29,37)(H,30,31,38)/t14-,16+,23-/m0/s1. The van der Waals surface area contributed by atoms with Crippen molar-refractivity contribution in [3.05, 3.63) is 47.2 Å². The molecule has 2 bridgehead atoms. The van der Waals surface area contributed by atoms with E-state index in [1.165, 1.54) is 4.68 Å². The molecule has 3 atom stereocenters. The summed E-state index contributed by atoms with van der Waals surface area (Å²) in [5.74, 6) is -0.977. The number of nitrogens with one attached hydrogen (secondary N) is 2. The van der Waals surface area contributed by atoms with Crippen LogP contribution in [0.3, 0.4) is 0 Å². The van der Waals surface area contributed by atoms with Crippen molar-refractivity contribution in [2.24, 2.45) is 17.6 Å². The molecular formula is C26H26ClN7O4. The first-order valence-electron chi connectivity index (χ1n) is 12.6. The van der Waals surface area contributed by atoms with Gasteiger partial charge in [-0.3, -0.25) is 23.9 Å². The Kier molecular flexibility index (Phi) is 6.02. The maximum Gasteiger partial charge on any atom is 0.269 e. The number of amides is 4. The van der Waals surface area contributed by atoms with Crippen LogP contribution >= 0.6 is 11.6 Å². The lowest BCUT2D eigenvalue weighted by molar-refractivity contribution is -0.141. The predicted octanol–water partition coefficient (Wildman–Crippen LogP) is 2.55. The Labute approximate surface area is 222 Å². The predicted molar refractivity (Wildman–Crippen MR) is 139 cm³/mol. The number of nitrogens with two attached hydrogens (primary N) is 1. The quantitative estimate of drug-likeness (QED) is 0.395. The van der Waals surface area contributed by atoms with Crippen molar-refractivity contribution in [1.82, 2.24) is 19.7 Å². The Morgan fingerprint density at radius 3 is 2.58 bits per heavy atom. The number of hydrogen-bond donors (Lipinski definition) is 3. The third-order valence-corrected chi connectivity index (χ3v) is 7.80. The van der Waals surface area contributed by atoms with Crippen LogP contribution in [0.4, 0.5) is 11.5 Å². The molecule has 4 amide bonds. The number of anilines is 2. The number of aromatic nitrogens is 3. The molecule has 3 heterocycles. The van der Waals surface area contributed by atoms with Crippen LogP contribution in [0.2, 0.25) is 5.15 Å². The average Bonchev–Trinajstić information content (AvgIpc) is 3.38. The number of benzene rings is 1. The van der Waals surface area contributed by atoms with Crippen LogP contribution in [0.1, 0.15) is 42.6 Å². The Morgan fingerprint density at radius 1 is 1.03 bits per heavy atom. The number of pyridine rings is 1. The van der Waals surface area contributed by atoms with Gasteiger partial charge in [-0.2, -0.15) is 5.10 Å². The zero-order chi connectivity index (χ0) is 26.6. The van der Waals surface area contributed by atoms with Crippen LogP contribution in [0, 0.1) is 11.8 Å². The largest absolute Gasteiger partial charge is 0.364 e. The molecule has 196 valence electrons. The minimum Gasteiger partial charge on any atom is -0.364 e. The van der Waals surface area contributed by atoms with Gasteiger partial charge in [-0.25, -0.2) is 4.98 Å². The van der Waals surface area contributed by atoms with Crippen LogP contribution in [0.15, 0.2) is 36.4 Å². The summed E-state index contributed by atoms with van der Waals surface area (Å²) in [4.78, 5) is 57.0. The van der Waals surface area contributed by atoms with E-state index in [2.05, 4.69) is 20.7 Å². The van der Waals surface area contributed by atoms with Gasteiger partial charge in [0, 0.05) is 23.0 Å². The Hall–Kier alpha value is -3.99. The van der Waals surface area contributed by atoms with Gasteiger partial charge >= 0.3 is 0 Å². The van der Waals surface area contributed by atoms with Crippen LogP contribution in [0.25, 0.3) is 10.9 Å². The second kappa shape index (κ2) is 9.39. The molecule has 1 aliphatic heterocycles. The molecular weight excluding hydrogens is 510 g/mol. The second-order valence-corrected chi connectivity index (χ2v) is 10.6. The maximum atomic E-state index is 13.6. The molecule has 3 aliphatic rings. The molecule has 0 unspecified atom stereocenters. The number of likely N-dealkylation sites (tertiary alicyclic amines) is 1. The molecule has 3 fully saturated rings. The van der Waals surface area contributed by atoms with Gasteiger partial charge in [0.25, 0.3) is 5.91 Å². The number of carbonyl (C=O) groups is 4. The van der Waals surface area contributed by atoms with E-state index in [0.29, 0.717) is 22.4 Å². The van der Waals surface area contributed by atoms with Gasteiger partial charge in [0.2, 0.25) is 17.7 Å². The van der Waals surface area contributed by atoms with Crippen molar-refractivity contribution in [3.8, 4) is 0 Å². The second-order valence-electron chi connectivity index (χ2n) is 10.2. The summed E-state index contributed by atoms with van der Waals surface area (Å²) in [5.41, 5.74) is 6.66. The van der Waals surface area contributed by atoms with Crippen LogP contribution in [-0.2, 0) is 20.9 Å². The first-order valence-corrected chi connectivity index (χ1v) is 13.0. The van der Waals surface area contributed by atoms with Crippen molar-refractivity contribution in [2.45, 2.75) is 50.7 Å². The Morgan fingerprint density at radius 2 is 1.84 bits per heavy atom. The molecule has 3 aromatic rings. The molecule has 11 nitrogen and oxygen atoms in total. The molecule has 6 rings (SSSR count). The van der Waals surface area contributed by atoms with Crippen molar-refractivity contribution < 1.29 is 19.2 Å². The number of primary amides is 1. The number of nitrogens with zero attached hydrogens (tertiary/aromatic N) is 4. The number of fused-ring (bicyclic) bond motifs is 3. The normalized spacial score (nSPS) is 22.0. The van der Waals surface area contributed by atoms with Gasteiger partial charge in [0.15, 0.2) is 5.69 Å². The van der Waals surface area contributed by atoms with Gasteiger partial charge in [-0.1, -0.05) is 17.7 Å². The monoisotopic (exact) mass is 535 g/mol. The minimum atomic E-state index is -0.738. The van der Waals surface area contributed by atoms with Crippen LogP contribution < -0.4 is 16.4 Å². The van der Waals surface area contributed by atoms with Gasteiger partial charge in [-0.15, -0.1) is 0 Å². The molecule has 0 radical (unpaired) electrons. The molecule has 0 spiro atoms. The average molecular weight is 536 g/mol. The molecule has 2 aliphatic carbocycles. The number of hydrogen-bond acceptors (Lipinski definition) is 6. The van der Waals surface area contributed by atoms with E-state index in [-0.39, 0.29) is 53.0 Å². The highest BCUT2D eigenvalue weighted by Crippen LogP contribution is 2.43. The number of halogens is 1. The fourth-order valence-electron chi connectivity index (χ4n) is 5.72. The third kappa shape index (κ3) is 4.47. The first-order chi connectivity index (χ1) is 18.3. The first kappa shape index (κ1) is 24.4. The van der Waals surface area contributed by atoms with Crippen LogP contribution in [-0.4, -0.2) is 55.4 Å². The van der Waals surface area contributed by atoms with E-state index in [1.54, 1.807) is 41.3 Å². The molecule has 38 heavy (non-hydrogen) atoms. The molecule has 1 saturated heterocycles. The highest BCUT2D eigenvalue weighted by atomic mass is 35.5. The molecule has 2 saturated carbocycles. The molecule has 12 heteroatoms. The maximum absolute atomic E-state index is 13.6. The molecule has 4 N–H and O–H groups in total. The van der Waals surface area contributed by atoms with E-state index >= 15 is 0 Å². The van der Waals surface area contributed by atoms with E-state index in [4.69, 9.17) is 17.3 Å². The Bertz CT molecular complexity index is 1480. The number of rotatable bonds is 7. The van der Waals surface area contributed by atoms with Crippen LogP contribution in [0.5, 0.6) is 0 Å². The zero-order valence-electron chi connectivity index (χ0n) is 20.4. The lowest BCUT2D eigenvalue weighted by atomic mass is 9.97. The lowest BCUT2D eigenvalue weighted by Crippen LogP contribution is -2.52. The fourth-order valence-corrected chi connectivity index (χ4v) is 5.89. The summed E-state index contributed by atoms with van der Waals surface area (Å²) in [6, 6.07) is 9.33. The summed E-state index contributed by atoms with van der Waals surface area (Å²) in [6.07, 6.45) is 4.18. The minimum absolute atomic E-state index is 0.0135. The smallest absolute Gasteiger partial charge is 0.269 e. The number of carbonyl (C=O) groups excluding carboxylic acids is 4. The van der Waals surface area contributed by atoms with Crippen molar-refractivity contribution in [2.75, 3.05) is 10.6 Å². The summed E-state index contributed by atoms with van der Waals surface area (Å²) in [7, 11) is 0. The summed E-state index contributed by atoms with van der Waals surface area (Å²) in [5, 5.41) is 10.7. The van der Waals surface area contributed by atoms with Crippen molar-refractivity contribution in [1.29, 1.82) is 0 Å². The van der Waals surface area contributed by atoms with E-state index in [0.717, 1.165) is 32.1 Å². The summed E-state index contributed by atoms with van der Waals surface area (Å²) >= 11 is 5.95. The lowest BCUT2D eigenvalue weighted by Gasteiger charge is -2.34. The zero-order valence-corrected chi connectivity index (χ0v) is 21.1. The van der Waals surface area contributed by atoms with Crippen molar-refractivity contribution in [3.63, 3.8) is 0 Å². The fraction of sp³-hybridized carbons (Fsp3) is 0.385. The van der Waals surface area contributed by atoms with Gasteiger partial charge in [-0.05, 0) is 68.4 Å².